The molecular formula is C11H14F3NO2. The molecule has 1 aromatic carbocycles. The Morgan fingerprint density at radius 2 is 1.71 bits per heavy atom. The van der Waals surface area contributed by atoms with Crippen LogP contribution in [0.1, 0.15) is 11.1 Å². The Bertz CT molecular complexity index is 324. The molecular weight excluding hydrogens is 235 g/mol. The fourth-order valence-corrected chi connectivity index (χ4v) is 1.19. The first-order valence-corrected chi connectivity index (χ1v) is 4.99. The molecule has 0 heterocycles. The molecule has 0 aliphatic rings. The Labute approximate surface area is 97.5 Å². The van der Waals surface area contributed by atoms with Gasteiger partial charge in [0, 0.05) is 13.7 Å². The molecule has 96 valence electrons. The molecule has 0 radical (unpaired) electrons. The van der Waals surface area contributed by atoms with E-state index in [4.69, 9.17) is 4.74 Å². The van der Waals surface area contributed by atoms with Crippen molar-refractivity contribution in [3.05, 3.63) is 35.4 Å². The van der Waals surface area contributed by atoms with Gasteiger partial charge in [-0.3, -0.25) is 4.84 Å². The number of hydrogen-bond donors (Lipinski definition) is 1. The van der Waals surface area contributed by atoms with Gasteiger partial charge in [-0.05, 0) is 11.1 Å². The van der Waals surface area contributed by atoms with Crippen LogP contribution in [0.4, 0.5) is 13.2 Å². The van der Waals surface area contributed by atoms with Crippen molar-refractivity contribution in [2.45, 2.75) is 19.3 Å². The summed E-state index contributed by atoms with van der Waals surface area (Å²) < 4.78 is 40.2. The molecule has 0 atom stereocenters. The topological polar surface area (TPSA) is 30.5 Å². The minimum absolute atomic E-state index is 0.226. The third-order valence-corrected chi connectivity index (χ3v) is 1.95. The number of hydroxylamine groups is 1. The highest BCUT2D eigenvalue weighted by molar-refractivity contribution is 5.21. The quantitative estimate of drug-likeness (QED) is 0.620. The van der Waals surface area contributed by atoms with Crippen molar-refractivity contribution >= 4 is 0 Å². The molecule has 0 aliphatic carbocycles. The summed E-state index contributed by atoms with van der Waals surface area (Å²) in [6, 6.07) is 7.31. The minimum atomic E-state index is -4.31. The Morgan fingerprint density at radius 1 is 1.12 bits per heavy atom. The van der Waals surface area contributed by atoms with Crippen LogP contribution in [0.3, 0.4) is 0 Å². The highest BCUT2D eigenvalue weighted by Crippen LogP contribution is 2.13. The van der Waals surface area contributed by atoms with Crippen LogP contribution in [-0.4, -0.2) is 19.9 Å². The van der Waals surface area contributed by atoms with Crippen LogP contribution in [0, 0.1) is 0 Å². The Hall–Kier alpha value is -1.11. The van der Waals surface area contributed by atoms with Gasteiger partial charge in [0.05, 0.1) is 6.61 Å². The number of benzene rings is 1. The van der Waals surface area contributed by atoms with E-state index in [1.54, 1.807) is 19.2 Å². The van der Waals surface area contributed by atoms with E-state index in [1.807, 2.05) is 12.1 Å². The number of methoxy groups -OCH3 is 1. The minimum Gasteiger partial charge on any atom is -0.380 e. The molecule has 0 aromatic heterocycles. The zero-order valence-corrected chi connectivity index (χ0v) is 9.38. The summed E-state index contributed by atoms with van der Waals surface area (Å²) in [6.45, 7) is -0.559. The highest BCUT2D eigenvalue weighted by atomic mass is 19.4. The SMILES string of the molecule is COCc1ccc(CNOCC(F)(F)F)cc1. The maximum absolute atomic E-state index is 11.7. The van der Waals surface area contributed by atoms with E-state index in [0.29, 0.717) is 6.61 Å². The predicted molar refractivity (Wildman–Crippen MR) is 56.0 cm³/mol. The lowest BCUT2D eigenvalue weighted by atomic mass is 10.1. The van der Waals surface area contributed by atoms with Gasteiger partial charge in [-0.15, -0.1) is 0 Å². The third-order valence-electron chi connectivity index (χ3n) is 1.95. The predicted octanol–water partition coefficient (Wildman–Crippen LogP) is 2.42. The Morgan fingerprint density at radius 3 is 2.24 bits per heavy atom. The standard InChI is InChI=1S/C11H14F3NO2/c1-16-7-10-4-2-9(3-5-10)6-15-17-8-11(12,13)14/h2-5,15H,6-8H2,1H3. The average molecular weight is 249 g/mol. The van der Waals surface area contributed by atoms with Gasteiger partial charge in [0.1, 0.15) is 0 Å². The van der Waals surface area contributed by atoms with E-state index in [9.17, 15) is 13.2 Å². The highest BCUT2D eigenvalue weighted by Gasteiger charge is 2.27. The summed E-state index contributed by atoms with van der Waals surface area (Å²) in [6.07, 6.45) is -4.31. The molecule has 0 bridgehead atoms. The molecule has 6 heteroatoms. The summed E-state index contributed by atoms with van der Waals surface area (Å²) >= 11 is 0. The molecule has 0 unspecified atom stereocenters. The average Bonchev–Trinajstić information content (AvgIpc) is 2.26. The van der Waals surface area contributed by atoms with Crippen LogP contribution in [0.5, 0.6) is 0 Å². The van der Waals surface area contributed by atoms with Crippen molar-refractivity contribution in [2.24, 2.45) is 0 Å². The third kappa shape index (κ3) is 6.25. The van der Waals surface area contributed by atoms with Gasteiger partial charge < -0.3 is 4.74 Å². The normalized spacial score (nSPS) is 11.8. The first kappa shape index (κ1) is 14.0. The lowest BCUT2D eigenvalue weighted by Gasteiger charge is -2.08. The number of rotatable bonds is 6. The number of hydrogen-bond acceptors (Lipinski definition) is 3. The molecule has 0 amide bonds. The monoisotopic (exact) mass is 249 g/mol. The van der Waals surface area contributed by atoms with Crippen LogP contribution in [0.2, 0.25) is 0 Å². The van der Waals surface area contributed by atoms with E-state index >= 15 is 0 Å². The first-order valence-electron chi connectivity index (χ1n) is 4.99. The van der Waals surface area contributed by atoms with Crippen molar-refractivity contribution in [3.8, 4) is 0 Å². The van der Waals surface area contributed by atoms with Gasteiger partial charge in [0.25, 0.3) is 0 Å². The zero-order valence-electron chi connectivity index (χ0n) is 9.38. The van der Waals surface area contributed by atoms with Gasteiger partial charge in [-0.1, -0.05) is 24.3 Å². The van der Waals surface area contributed by atoms with Gasteiger partial charge in [0.15, 0.2) is 6.61 Å². The lowest BCUT2D eigenvalue weighted by Crippen LogP contribution is -2.24. The number of halogens is 3. The second kappa shape index (κ2) is 6.58. The van der Waals surface area contributed by atoms with Gasteiger partial charge in [0.2, 0.25) is 0 Å². The van der Waals surface area contributed by atoms with Crippen molar-refractivity contribution in [2.75, 3.05) is 13.7 Å². The van der Waals surface area contributed by atoms with Gasteiger partial charge in [-0.25, -0.2) is 0 Å². The summed E-state index contributed by atoms with van der Waals surface area (Å²) in [5.41, 5.74) is 4.11. The number of ether oxygens (including phenoxy) is 1. The Balaban J connectivity index is 2.27. The molecule has 1 aromatic rings. The fraction of sp³-hybridized carbons (Fsp3) is 0.455. The maximum atomic E-state index is 11.7. The van der Waals surface area contributed by atoms with E-state index in [2.05, 4.69) is 10.3 Å². The van der Waals surface area contributed by atoms with Crippen molar-refractivity contribution < 1.29 is 22.7 Å². The summed E-state index contributed by atoms with van der Waals surface area (Å²) in [7, 11) is 1.60. The largest absolute Gasteiger partial charge is 0.413 e. The van der Waals surface area contributed by atoms with E-state index < -0.39 is 12.8 Å². The first-order chi connectivity index (χ1) is 8.01. The number of alkyl halides is 3. The molecule has 0 aliphatic heterocycles. The molecule has 1 rings (SSSR count). The summed E-state index contributed by atoms with van der Waals surface area (Å²) in [5.74, 6) is 0. The van der Waals surface area contributed by atoms with E-state index in [-0.39, 0.29) is 6.54 Å². The van der Waals surface area contributed by atoms with E-state index in [1.165, 1.54) is 0 Å². The molecule has 0 fully saturated rings. The van der Waals surface area contributed by atoms with Crippen molar-refractivity contribution in [1.82, 2.24) is 5.48 Å². The molecule has 3 nitrogen and oxygen atoms in total. The molecule has 0 spiro atoms. The van der Waals surface area contributed by atoms with Crippen molar-refractivity contribution in [3.63, 3.8) is 0 Å². The Kier molecular flexibility index (Phi) is 5.40. The number of nitrogens with one attached hydrogen (secondary N) is 1. The van der Waals surface area contributed by atoms with Crippen LogP contribution in [0.15, 0.2) is 24.3 Å². The zero-order chi connectivity index (χ0) is 12.7. The molecule has 0 saturated carbocycles. The maximum Gasteiger partial charge on any atom is 0.413 e. The van der Waals surface area contributed by atoms with Crippen LogP contribution >= 0.6 is 0 Å². The molecule has 1 N–H and O–H groups in total. The smallest absolute Gasteiger partial charge is 0.380 e. The molecule has 17 heavy (non-hydrogen) atoms. The fourth-order valence-electron chi connectivity index (χ4n) is 1.19. The summed E-state index contributed by atoms with van der Waals surface area (Å²) in [4.78, 5) is 4.28. The van der Waals surface area contributed by atoms with Crippen LogP contribution in [-0.2, 0) is 22.7 Å². The van der Waals surface area contributed by atoms with Gasteiger partial charge >= 0.3 is 6.18 Å². The van der Waals surface area contributed by atoms with Crippen molar-refractivity contribution in [1.29, 1.82) is 0 Å². The summed E-state index contributed by atoms with van der Waals surface area (Å²) in [5, 5.41) is 0. The second-order valence-electron chi connectivity index (χ2n) is 3.47. The van der Waals surface area contributed by atoms with Crippen LogP contribution < -0.4 is 5.48 Å². The lowest BCUT2D eigenvalue weighted by molar-refractivity contribution is -0.190. The van der Waals surface area contributed by atoms with Crippen LogP contribution in [0.25, 0.3) is 0 Å². The molecule has 0 saturated heterocycles. The van der Waals surface area contributed by atoms with Gasteiger partial charge in [-0.2, -0.15) is 18.7 Å². The second-order valence-corrected chi connectivity index (χ2v) is 3.47. The van der Waals surface area contributed by atoms with E-state index in [0.717, 1.165) is 11.1 Å².